The predicted octanol–water partition coefficient (Wildman–Crippen LogP) is 2.91. The number of nitrogens with zero attached hydrogens (tertiary/aromatic N) is 2. The Morgan fingerprint density at radius 2 is 1.80 bits per heavy atom. The number of benzene rings is 1. The van der Waals surface area contributed by atoms with Crippen molar-refractivity contribution in [2.24, 2.45) is 5.92 Å². The predicted molar refractivity (Wildman–Crippen MR) is 96.6 cm³/mol. The number of carbonyl (C=O) groups is 2. The molecule has 0 atom stereocenters. The number of amides is 2. The van der Waals surface area contributed by atoms with E-state index < -0.39 is 0 Å². The molecular weight excluding hydrogens is 320 g/mol. The molecular formula is C18H24N4O3. The van der Waals surface area contributed by atoms with E-state index in [1.54, 1.807) is 43.8 Å². The first kappa shape index (κ1) is 18.5. The molecule has 25 heavy (non-hydrogen) atoms. The third-order valence-corrected chi connectivity index (χ3v) is 3.94. The van der Waals surface area contributed by atoms with Gasteiger partial charge in [-0.2, -0.15) is 5.10 Å². The van der Waals surface area contributed by atoms with Crippen molar-refractivity contribution in [2.45, 2.75) is 33.2 Å². The molecule has 0 saturated heterocycles. The van der Waals surface area contributed by atoms with E-state index in [0.717, 1.165) is 18.6 Å². The molecule has 134 valence electrons. The van der Waals surface area contributed by atoms with Gasteiger partial charge in [0.15, 0.2) is 0 Å². The fraction of sp³-hybridized carbons (Fsp3) is 0.389. The van der Waals surface area contributed by atoms with Gasteiger partial charge in [-0.25, -0.2) is 0 Å². The van der Waals surface area contributed by atoms with Crippen LogP contribution in [0.4, 0.5) is 11.4 Å². The highest BCUT2D eigenvalue weighted by Crippen LogP contribution is 2.15. The Labute approximate surface area is 147 Å². The molecule has 2 aromatic rings. The summed E-state index contributed by atoms with van der Waals surface area (Å²) in [5.41, 5.74) is 1.27. The molecule has 0 aliphatic carbocycles. The molecule has 2 rings (SSSR count). The monoisotopic (exact) mass is 344 g/mol. The Bertz CT molecular complexity index is 705. The van der Waals surface area contributed by atoms with Crippen molar-refractivity contribution >= 4 is 23.2 Å². The highest BCUT2D eigenvalue weighted by molar-refractivity contribution is 5.92. The van der Waals surface area contributed by atoms with Gasteiger partial charge >= 0.3 is 0 Å². The number of anilines is 2. The van der Waals surface area contributed by atoms with Crippen LogP contribution in [0.2, 0.25) is 0 Å². The molecule has 2 amide bonds. The molecule has 7 heteroatoms. The maximum absolute atomic E-state index is 12.1. The smallest absolute Gasteiger partial charge is 0.246 e. The zero-order chi connectivity index (χ0) is 18.2. The lowest BCUT2D eigenvalue weighted by Gasteiger charge is -2.11. The third-order valence-electron chi connectivity index (χ3n) is 3.94. The van der Waals surface area contributed by atoms with E-state index >= 15 is 0 Å². The van der Waals surface area contributed by atoms with Crippen LogP contribution in [0.5, 0.6) is 5.75 Å². The van der Waals surface area contributed by atoms with Gasteiger partial charge in [0.05, 0.1) is 19.0 Å². The molecule has 0 radical (unpaired) electrons. The van der Waals surface area contributed by atoms with Crippen LogP contribution in [-0.4, -0.2) is 28.7 Å². The first-order valence-corrected chi connectivity index (χ1v) is 8.32. The van der Waals surface area contributed by atoms with Gasteiger partial charge in [0.1, 0.15) is 12.3 Å². The maximum Gasteiger partial charge on any atom is 0.246 e. The summed E-state index contributed by atoms with van der Waals surface area (Å²) in [6.07, 6.45) is 4.77. The van der Waals surface area contributed by atoms with Crippen molar-refractivity contribution in [3.63, 3.8) is 0 Å². The van der Waals surface area contributed by atoms with Crippen molar-refractivity contribution in [1.82, 2.24) is 9.78 Å². The largest absolute Gasteiger partial charge is 0.497 e. The molecule has 1 heterocycles. The van der Waals surface area contributed by atoms with Gasteiger partial charge in [0, 0.05) is 17.8 Å². The molecule has 0 aliphatic rings. The SMILES string of the molecule is CCC(CC)C(=O)Nc1cnn(CC(=O)Nc2ccc(OC)cc2)c1. The Morgan fingerprint density at radius 1 is 1.12 bits per heavy atom. The molecule has 0 spiro atoms. The molecule has 2 N–H and O–H groups in total. The molecule has 1 aromatic heterocycles. The standard InChI is InChI=1S/C18H24N4O3/c1-4-13(5-2)18(24)21-15-10-19-22(11-15)12-17(23)20-14-6-8-16(25-3)9-7-14/h6-11,13H,4-5,12H2,1-3H3,(H,20,23)(H,21,24). The van der Waals surface area contributed by atoms with Gasteiger partial charge in [-0.15, -0.1) is 0 Å². The van der Waals surface area contributed by atoms with E-state index in [2.05, 4.69) is 15.7 Å². The Morgan fingerprint density at radius 3 is 2.40 bits per heavy atom. The normalized spacial score (nSPS) is 10.6. The first-order chi connectivity index (χ1) is 12.0. The number of nitrogens with one attached hydrogen (secondary N) is 2. The second-order valence-corrected chi connectivity index (χ2v) is 5.71. The van der Waals surface area contributed by atoms with Gasteiger partial charge < -0.3 is 15.4 Å². The van der Waals surface area contributed by atoms with E-state index in [9.17, 15) is 9.59 Å². The number of ether oxygens (including phenoxy) is 1. The highest BCUT2D eigenvalue weighted by Gasteiger charge is 2.15. The molecule has 1 aromatic carbocycles. The summed E-state index contributed by atoms with van der Waals surface area (Å²) in [5.74, 6) is 0.489. The number of aromatic nitrogens is 2. The Kier molecular flexibility index (Phi) is 6.56. The van der Waals surface area contributed by atoms with Crippen LogP contribution in [0.15, 0.2) is 36.7 Å². The van der Waals surface area contributed by atoms with E-state index in [4.69, 9.17) is 4.74 Å². The van der Waals surface area contributed by atoms with Crippen molar-refractivity contribution in [2.75, 3.05) is 17.7 Å². The van der Waals surface area contributed by atoms with Crippen molar-refractivity contribution in [3.05, 3.63) is 36.7 Å². The minimum absolute atomic E-state index is 0.0123. The van der Waals surface area contributed by atoms with Gasteiger partial charge in [-0.05, 0) is 37.1 Å². The van der Waals surface area contributed by atoms with Crippen molar-refractivity contribution in [3.8, 4) is 5.75 Å². The van der Waals surface area contributed by atoms with Crippen LogP contribution < -0.4 is 15.4 Å². The number of rotatable bonds is 8. The second-order valence-electron chi connectivity index (χ2n) is 5.71. The lowest BCUT2D eigenvalue weighted by Crippen LogP contribution is -2.21. The average Bonchev–Trinajstić information content (AvgIpc) is 3.03. The first-order valence-electron chi connectivity index (χ1n) is 8.32. The maximum atomic E-state index is 12.1. The minimum atomic E-state index is -0.203. The van der Waals surface area contributed by atoms with Crippen LogP contribution >= 0.6 is 0 Å². The van der Waals surface area contributed by atoms with Gasteiger partial charge in [0.2, 0.25) is 11.8 Å². The lowest BCUT2D eigenvalue weighted by atomic mass is 10.0. The summed E-state index contributed by atoms with van der Waals surface area (Å²) in [5, 5.41) is 9.73. The van der Waals surface area contributed by atoms with Gasteiger partial charge in [-0.1, -0.05) is 13.8 Å². The van der Waals surface area contributed by atoms with Gasteiger partial charge in [0.25, 0.3) is 0 Å². The van der Waals surface area contributed by atoms with E-state index in [0.29, 0.717) is 11.4 Å². The second kappa shape index (κ2) is 8.86. The summed E-state index contributed by atoms with van der Waals surface area (Å²) in [6.45, 7) is 4.04. The minimum Gasteiger partial charge on any atom is -0.497 e. The van der Waals surface area contributed by atoms with Crippen LogP contribution in [0, 0.1) is 5.92 Å². The van der Waals surface area contributed by atoms with Crippen molar-refractivity contribution in [1.29, 1.82) is 0 Å². The molecule has 0 aliphatic heterocycles. The summed E-state index contributed by atoms with van der Waals surface area (Å²) in [6, 6.07) is 7.08. The van der Waals surface area contributed by atoms with Crippen LogP contribution in [-0.2, 0) is 16.1 Å². The fourth-order valence-corrected chi connectivity index (χ4v) is 2.44. The summed E-state index contributed by atoms with van der Waals surface area (Å²) >= 11 is 0. The molecule has 0 bridgehead atoms. The van der Waals surface area contributed by atoms with Crippen molar-refractivity contribution < 1.29 is 14.3 Å². The number of carbonyl (C=O) groups excluding carboxylic acids is 2. The average molecular weight is 344 g/mol. The van der Waals surface area contributed by atoms with Gasteiger partial charge in [-0.3, -0.25) is 14.3 Å². The van der Waals surface area contributed by atoms with Crippen LogP contribution in [0.25, 0.3) is 0 Å². The van der Waals surface area contributed by atoms with E-state index in [1.807, 2.05) is 13.8 Å². The summed E-state index contributed by atoms with van der Waals surface area (Å²) in [4.78, 5) is 24.1. The lowest BCUT2D eigenvalue weighted by molar-refractivity contribution is -0.120. The van der Waals surface area contributed by atoms with E-state index in [-0.39, 0.29) is 24.3 Å². The van der Waals surface area contributed by atoms with E-state index in [1.165, 1.54) is 4.68 Å². The zero-order valence-corrected chi connectivity index (χ0v) is 14.8. The van der Waals surface area contributed by atoms with Crippen LogP contribution in [0.3, 0.4) is 0 Å². The number of hydrogen-bond acceptors (Lipinski definition) is 4. The number of hydrogen-bond donors (Lipinski definition) is 2. The quantitative estimate of drug-likeness (QED) is 0.771. The Balaban J connectivity index is 1.89. The molecule has 7 nitrogen and oxygen atoms in total. The molecule has 0 fully saturated rings. The zero-order valence-electron chi connectivity index (χ0n) is 14.8. The van der Waals surface area contributed by atoms with Crippen LogP contribution in [0.1, 0.15) is 26.7 Å². The Hall–Kier alpha value is -2.83. The number of methoxy groups -OCH3 is 1. The highest BCUT2D eigenvalue weighted by atomic mass is 16.5. The molecule has 0 unspecified atom stereocenters. The summed E-state index contributed by atoms with van der Waals surface area (Å²) < 4.78 is 6.56. The third kappa shape index (κ3) is 5.34. The fourth-order valence-electron chi connectivity index (χ4n) is 2.44. The topological polar surface area (TPSA) is 85.2 Å². The summed E-state index contributed by atoms with van der Waals surface area (Å²) in [7, 11) is 1.59. The molecule has 0 saturated carbocycles.